The topological polar surface area (TPSA) is 76.1 Å². The molecule has 110 valence electrons. The van der Waals surface area contributed by atoms with Crippen LogP contribution < -0.4 is 4.72 Å². The minimum atomic E-state index is -3.20. The average Bonchev–Trinajstić information content (AvgIpc) is 2.70. The van der Waals surface area contributed by atoms with Crippen LogP contribution in [0.25, 0.3) is 0 Å². The number of nitrogens with one attached hydrogen (secondary N) is 1. The molecule has 1 aromatic heterocycles. The number of rotatable bonds is 6. The molecule has 0 saturated heterocycles. The van der Waals surface area contributed by atoms with E-state index in [1.807, 2.05) is 20.8 Å². The SMILES string of the molecule is CC(C)(C)S(=O)NCCCc1cnc(S(C)(=O)=O)s1. The van der Waals surface area contributed by atoms with Crippen molar-refractivity contribution in [3.05, 3.63) is 11.1 Å². The van der Waals surface area contributed by atoms with Gasteiger partial charge in [0.1, 0.15) is 0 Å². The predicted octanol–water partition coefficient (Wildman–Crippen LogP) is 1.53. The Morgan fingerprint density at radius 1 is 1.42 bits per heavy atom. The molecule has 8 heteroatoms. The average molecular weight is 324 g/mol. The molecule has 0 aromatic carbocycles. The highest BCUT2D eigenvalue weighted by Gasteiger charge is 2.18. The summed E-state index contributed by atoms with van der Waals surface area (Å²) in [6, 6.07) is 0. The maximum Gasteiger partial charge on any atom is 0.209 e. The molecule has 0 aliphatic rings. The molecule has 0 bridgehead atoms. The van der Waals surface area contributed by atoms with Crippen LogP contribution in [0, 0.1) is 0 Å². The Balaban J connectivity index is 2.39. The van der Waals surface area contributed by atoms with Crippen LogP contribution >= 0.6 is 11.3 Å². The van der Waals surface area contributed by atoms with Crippen LogP contribution in [0.4, 0.5) is 0 Å². The van der Waals surface area contributed by atoms with Gasteiger partial charge in [-0.3, -0.25) is 0 Å². The summed E-state index contributed by atoms with van der Waals surface area (Å²) in [5.74, 6) is 0. The van der Waals surface area contributed by atoms with Gasteiger partial charge in [0.25, 0.3) is 0 Å². The highest BCUT2D eigenvalue weighted by atomic mass is 32.2. The summed E-state index contributed by atoms with van der Waals surface area (Å²) in [5, 5.41) is 0. The quantitative estimate of drug-likeness (QED) is 0.805. The van der Waals surface area contributed by atoms with E-state index in [1.54, 1.807) is 6.20 Å². The van der Waals surface area contributed by atoms with Crippen LogP contribution in [-0.4, -0.2) is 35.2 Å². The predicted molar refractivity (Wildman–Crippen MR) is 79.4 cm³/mol. The van der Waals surface area contributed by atoms with E-state index in [0.29, 0.717) is 6.54 Å². The summed E-state index contributed by atoms with van der Waals surface area (Å²) in [4.78, 5) is 4.82. The van der Waals surface area contributed by atoms with E-state index in [0.717, 1.165) is 24.0 Å². The summed E-state index contributed by atoms with van der Waals surface area (Å²) < 4.78 is 37.1. The van der Waals surface area contributed by atoms with E-state index in [4.69, 9.17) is 0 Å². The minimum absolute atomic E-state index is 0.161. The summed E-state index contributed by atoms with van der Waals surface area (Å²) in [6.45, 7) is 6.38. The largest absolute Gasteiger partial charge is 0.242 e. The van der Waals surface area contributed by atoms with Crippen LogP contribution in [0.3, 0.4) is 0 Å². The maximum absolute atomic E-state index is 11.7. The zero-order valence-electron chi connectivity index (χ0n) is 11.6. The molecular weight excluding hydrogens is 304 g/mol. The smallest absolute Gasteiger partial charge is 0.209 e. The fourth-order valence-electron chi connectivity index (χ4n) is 1.22. The molecule has 0 aliphatic carbocycles. The van der Waals surface area contributed by atoms with Gasteiger partial charge in [-0.2, -0.15) is 0 Å². The lowest BCUT2D eigenvalue weighted by Gasteiger charge is -2.17. The summed E-state index contributed by atoms with van der Waals surface area (Å²) >= 11 is 1.20. The van der Waals surface area contributed by atoms with Crippen molar-refractivity contribution in [1.29, 1.82) is 0 Å². The molecule has 1 unspecified atom stereocenters. The van der Waals surface area contributed by atoms with Crippen LogP contribution in [0.2, 0.25) is 0 Å². The molecule has 5 nitrogen and oxygen atoms in total. The summed E-state index contributed by atoms with van der Waals surface area (Å²) in [6.07, 6.45) is 4.29. The van der Waals surface area contributed by atoms with Gasteiger partial charge < -0.3 is 0 Å². The number of nitrogens with zero attached hydrogens (tertiary/aromatic N) is 1. The third-order valence-corrected chi connectivity index (χ3v) is 6.57. The number of hydrogen-bond donors (Lipinski definition) is 1. The van der Waals surface area contributed by atoms with Crippen LogP contribution in [0.1, 0.15) is 32.1 Å². The lowest BCUT2D eigenvalue weighted by molar-refractivity contribution is 0.601. The molecule has 1 rings (SSSR count). The van der Waals surface area contributed by atoms with Gasteiger partial charge in [0, 0.05) is 23.9 Å². The third-order valence-electron chi connectivity index (χ3n) is 2.24. The molecule has 0 radical (unpaired) electrons. The van der Waals surface area contributed by atoms with Crippen molar-refractivity contribution in [2.45, 2.75) is 42.7 Å². The standard InChI is InChI=1S/C11H20N2O3S3/c1-11(2,3)18(14)13-7-5-6-9-8-12-10(17-9)19(4,15)16/h8,13H,5-7H2,1-4H3. The van der Waals surface area contributed by atoms with E-state index in [1.165, 1.54) is 11.3 Å². The second-order valence-electron chi connectivity index (χ2n) is 5.24. The first-order chi connectivity index (χ1) is 8.60. The van der Waals surface area contributed by atoms with Crippen molar-refractivity contribution in [1.82, 2.24) is 9.71 Å². The Morgan fingerprint density at radius 2 is 2.05 bits per heavy atom. The Kier molecular flexibility index (Phi) is 5.66. The molecular formula is C11H20N2O3S3. The number of aromatic nitrogens is 1. The van der Waals surface area contributed by atoms with Gasteiger partial charge in [0.15, 0.2) is 0 Å². The first kappa shape index (κ1) is 16.7. The zero-order valence-corrected chi connectivity index (χ0v) is 14.0. The van der Waals surface area contributed by atoms with E-state index < -0.39 is 20.8 Å². The fraction of sp³-hybridized carbons (Fsp3) is 0.727. The number of hydrogen-bond acceptors (Lipinski definition) is 5. The Bertz CT molecular complexity index is 544. The second-order valence-corrected chi connectivity index (χ2v) is 10.6. The van der Waals surface area contributed by atoms with Crippen LogP contribution in [0.15, 0.2) is 10.5 Å². The Morgan fingerprint density at radius 3 is 2.53 bits per heavy atom. The number of sulfone groups is 1. The van der Waals surface area contributed by atoms with E-state index >= 15 is 0 Å². The second kappa shape index (κ2) is 6.43. The number of thiazole rings is 1. The van der Waals surface area contributed by atoms with Crippen molar-refractivity contribution in [2.24, 2.45) is 0 Å². The summed E-state index contributed by atoms with van der Waals surface area (Å²) in [7, 11) is -4.26. The van der Waals surface area contributed by atoms with Gasteiger partial charge in [0.2, 0.25) is 14.2 Å². The Hall–Kier alpha value is -0.310. The molecule has 0 fully saturated rings. The monoisotopic (exact) mass is 324 g/mol. The molecule has 0 saturated carbocycles. The van der Waals surface area contributed by atoms with Crippen LogP contribution in [-0.2, 0) is 27.2 Å². The minimum Gasteiger partial charge on any atom is -0.242 e. The summed E-state index contributed by atoms with van der Waals surface area (Å²) in [5.41, 5.74) is 0. The maximum atomic E-state index is 11.7. The highest BCUT2D eigenvalue weighted by molar-refractivity contribution is 7.92. The molecule has 1 N–H and O–H groups in total. The normalized spacial score (nSPS) is 14.5. The molecule has 1 heterocycles. The molecule has 0 aliphatic heterocycles. The van der Waals surface area contributed by atoms with Crippen molar-refractivity contribution in [3.8, 4) is 0 Å². The van der Waals surface area contributed by atoms with E-state index in [2.05, 4.69) is 9.71 Å². The van der Waals surface area contributed by atoms with Crippen molar-refractivity contribution < 1.29 is 12.6 Å². The lowest BCUT2D eigenvalue weighted by Crippen LogP contribution is -2.33. The molecule has 19 heavy (non-hydrogen) atoms. The molecule has 0 spiro atoms. The van der Waals surface area contributed by atoms with Gasteiger partial charge in [-0.1, -0.05) is 0 Å². The van der Waals surface area contributed by atoms with Gasteiger partial charge >= 0.3 is 0 Å². The lowest BCUT2D eigenvalue weighted by atomic mass is 10.3. The van der Waals surface area contributed by atoms with Gasteiger partial charge in [-0.05, 0) is 33.6 Å². The highest BCUT2D eigenvalue weighted by Crippen LogP contribution is 2.19. The first-order valence-electron chi connectivity index (χ1n) is 5.91. The first-order valence-corrected chi connectivity index (χ1v) is 9.76. The Labute approximate surface area is 121 Å². The van der Waals surface area contributed by atoms with E-state index in [9.17, 15) is 12.6 Å². The zero-order chi connectivity index (χ0) is 14.7. The van der Waals surface area contributed by atoms with E-state index in [-0.39, 0.29) is 9.09 Å². The molecule has 1 atom stereocenters. The van der Waals surface area contributed by atoms with Crippen LogP contribution in [0.5, 0.6) is 0 Å². The van der Waals surface area contributed by atoms with Gasteiger partial charge in [0.05, 0.1) is 15.7 Å². The fourth-order valence-corrected chi connectivity index (χ4v) is 3.84. The molecule has 1 aromatic rings. The number of aryl methyl sites for hydroxylation is 1. The molecule has 0 amide bonds. The third kappa shape index (κ3) is 5.68. The van der Waals surface area contributed by atoms with Gasteiger partial charge in [-0.25, -0.2) is 22.3 Å². The van der Waals surface area contributed by atoms with Gasteiger partial charge in [-0.15, -0.1) is 11.3 Å². The van der Waals surface area contributed by atoms with Crippen molar-refractivity contribution in [2.75, 3.05) is 12.8 Å². The van der Waals surface area contributed by atoms with Crippen molar-refractivity contribution >= 4 is 32.2 Å². The van der Waals surface area contributed by atoms with Crippen molar-refractivity contribution in [3.63, 3.8) is 0 Å².